The molecule has 1 amide bonds. The maximum Gasteiger partial charge on any atom is 0.243 e. The molecule has 0 atom stereocenters. The van der Waals surface area contributed by atoms with Gasteiger partial charge >= 0.3 is 0 Å². The van der Waals surface area contributed by atoms with E-state index in [9.17, 15) is 13.2 Å². The number of sulfonamides is 1. The van der Waals surface area contributed by atoms with Crippen LogP contribution in [0.4, 0.5) is 5.69 Å². The van der Waals surface area contributed by atoms with Crippen LogP contribution in [0.2, 0.25) is 0 Å². The predicted octanol–water partition coefficient (Wildman–Crippen LogP) is 4.35. The zero-order chi connectivity index (χ0) is 22.6. The third-order valence-corrected chi connectivity index (χ3v) is 8.44. The molecule has 9 heteroatoms. The van der Waals surface area contributed by atoms with Crippen LogP contribution in [0.1, 0.15) is 32.6 Å². The predicted molar refractivity (Wildman–Crippen MR) is 128 cm³/mol. The van der Waals surface area contributed by atoms with Gasteiger partial charge in [0.15, 0.2) is 5.16 Å². The maximum atomic E-state index is 13.0. The molecule has 7 nitrogen and oxygen atoms in total. The Labute approximate surface area is 193 Å². The zero-order valence-corrected chi connectivity index (χ0v) is 19.8. The van der Waals surface area contributed by atoms with E-state index in [-0.39, 0.29) is 5.91 Å². The van der Waals surface area contributed by atoms with Gasteiger partial charge in [0.05, 0.1) is 15.9 Å². The van der Waals surface area contributed by atoms with Crippen LogP contribution in [0.5, 0.6) is 0 Å². The second-order valence-electron chi connectivity index (χ2n) is 7.77. The number of para-hydroxylation sites is 1. The monoisotopic (exact) mass is 472 g/mol. The Morgan fingerprint density at radius 3 is 2.56 bits per heavy atom. The highest BCUT2D eigenvalue weighted by Crippen LogP contribution is 2.28. The summed E-state index contributed by atoms with van der Waals surface area (Å²) in [6.07, 6.45) is 3.26. The molecule has 0 spiro atoms. The normalized spacial score (nSPS) is 15.2. The van der Waals surface area contributed by atoms with Crippen LogP contribution in [0.25, 0.3) is 11.0 Å². The second kappa shape index (κ2) is 10.1. The molecule has 1 fully saturated rings. The van der Waals surface area contributed by atoms with E-state index < -0.39 is 10.0 Å². The number of carbonyl (C=O) groups excluding carboxylic acids is 1. The smallest absolute Gasteiger partial charge is 0.243 e. The van der Waals surface area contributed by atoms with E-state index in [0.717, 1.165) is 35.6 Å². The summed E-state index contributed by atoms with van der Waals surface area (Å²) in [6.45, 7) is 3.91. The number of fused-ring (bicyclic) bond motifs is 1. The number of piperidine rings is 1. The molecule has 1 aliphatic rings. The molecule has 4 rings (SSSR count). The zero-order valence-electron chi connectivity index (χ0n) is 18.2. The summed E-state index contributed by atoms with van der Waals surface area (Å²) in [5, 5.41) is 3.68. The first kappa shape index (κ1) is 22.8. The van der Waals surface area contributed by atoms with Crippen molar-refractivity contribution in [3.8, 4) is 0 Å². The number of aryl methyl sites for hydroxylation is 1. The lowest BCUT2D eigenvalue weighted by molar-refractivity contribution is -0.115. The fourth-order valence-corrected chi connectivity index (χ4v) is 6.45. The highest BCUT2D eigenvalue weighted by Gasteiger charge is 2.26. The summed E-state index contributed by atoms with van der Waals surface area (Å²) in [5.41, 5.74) is 2.35. The van der Waals surface area contributed by atoms with Gasteiger partial charge in [-0.1, -0.05) is 36.4 Å². The fraction of sp³-hybridized carbons (Fsp3) is 0.391. The topological polar surface area (TPSA) is 84.3 Å². The van der Waals surface area contributed by atoms with E-state index >= 15 is 0 Å². The van der Waals surface area contributed by atoms with Gasteiger partial charge in [-0.3, -0.25) is 4.79 Å². The molecular formula is C23H28N4O3S2. The molecule has 2 aromatic carbocycles. The highest BCUT2D eigenvalue weighted by atomic mass is 32.2. The molecule has 0 unspecified atom stereocenters. The Kier molecular flexibility index (Phi) is 7.17. The number of hydrogen-bond donors (Lipinski definition) is 1. The first-order valence-electron chi connectivity index (χ1n) is 11.0. The van der Waals surface area contributed by atoms with Gasteiger partial charge in [-0.2, -0.15) is 4.31 Å². The quantitative estimate of drug-likeness (QED) is 0.493. The van der Waals surface area contributed by atoms with Crippen molar-refractivity contribution in [1.82, 2.24) is 13.9 Å². The molecule has 2 heterocycles. The van der Waals surface area contributed by atoms with E-state index in [0.29, 0.717) is 42.2 Å². The average molecular weight is 473 g/mol. The minimum Gasteiger partial charge on any atom is -0.326 e. The minimum absolute atomic E-state index is 0.0437. The average Bonchev–Trinajstić information content (AvgIpc) is 3.17. The molecule has 1 saturated heterocycles. The number of rotatable bonds is 8. The SMILES string of the molecule is CCn1c(SCCC(=O)Nc2ccccc2)nc2cc(S(=O)(=O)N3CCCCC3)ccc21. The summed E-state index contributed by atoms with van der Waals surface area (Å²) in [6, 6.07) is 14.6. The number of benzene rings is 2. The highest BCUT2D eigenvalue weighted by molar-refractivity contribution is 7.99. The summed E-state index contributed by atoms with van der Waals surface area (Å²) in [4.78, 5) is 17.2. The Bertz CT molecular complexity index is 1190. The van der Waals surface area contributed by atoms with Gasteiger partial charge in [0, 0.05) is 37.5 Å². The number of aromatic nitrogens is 2. The van der Waals surface area contributed by atoms with Crippen LogP contribution >= 0.6 is 11.8 Å². The largest absolute Gasteiger partial charge is 0.326 e. The van der Waals surface area contributed by atoms with Gasteiger partial charge < -0.3 is 9.88 Å². The van der Waals surface area contributed by atoms with Gasteiger partial charge in [-0.15, -0.1) is 0 Å². The second-order valence-corrected chi connectivity index (χ2v) is 10.8. The molecule has 170 valence electrons. The lowest BCUT2D eigenvalue weighted by Crippen LogP contribution is -2.35. The molecule has 0 radical (unpaired) electrons. The van der Waals surface area contributed by atoms with Crippen molar-refractivity contribution in [3.63, 3.8) is 0 Å². The number of anilines is 1. The summed E-state index contributed by atoms with van der Waals surface area (Å²) < 4.78 is 29.7. The first-order valence-corrected chi connectivity index (χ1v) is 13.4. The molecule has 1 aliphatic heterocycles. The summed E-state index contributed by atoms with van der Waals surface area (Å²) in [5.74, 6) is 0.541. The standard InChI is InChI=1S/C23H28N4O3S2/c1-2-27-21-12-11-19(32(29,30)26-14-7-4-8-15-26)17-20(21)25-23(27)31-16-13-22(28)24-18-9-5-3-6-10-18/h3,5-6,9-12,17H,2,4,7-8,13-16H2,1H3,(H,24,28). The first-order chi connectivity index (χ1) is 15.5. The van der Waals surface area contributed by atoms with Crippen LogP contribution in [0.15, 0.2) is 58.6 Å². The van der Waals surface area contributed by atoms with E-state index in [1.165, 1.54) is 11.8 Å². The van der Waals surface area contributed by atoms with Crippen molar-refractivity contribution in [2.75, 3.05) is 24.2 Å². The van der Waals surface area contributed by atoms with Gasteiger partial charge in [-0.25, -0.2) is 13.4 Å². The molecule has 3 aromatic rings. The number of nitrogens with one attached hydrogen (secondary N) is 1. The molecule has 1 aromatic heterocycles. The van der Waals surface area contributed by atoms with Crippen LogP contribution < -0.4 is 5.32 Å². The minimum atomic E-state index is -3.50. The third-order valence-electron chi connectivity index (χ3n) is 5.57. The van der Waals surface area contributed by atoms with Gasteiger partial charge in [-0.05, 0) is 50.1 Å². The Morgan fingerprint density at radius 1 is 1.09 bits per heavy atom. The summed E-state index contributed by atoms with van der Waals surface area (Å²) in [7, 11) is -3.50. The van der Waals surface area contributed by atoms with Crippen molar-refractivity contribution < 1.29 is 13.2 Å². The number of hydrogen-bond acceptors (Lipinski definition) is 5. The molecule has 0 saturated carbocycles. The lowest BCUT2D eigenvalue weighted by Gasteiger charge is -2.25. The van der Waals surface area contributed by atoms with Crippen molar-refractivity contribution in [3.05, 3.63) is 48.5 Å². The molecule has 0 aliphatic carbocycles. The number of carbonyl (C=O) groups is 1. The molecule has 1 N–H and O–H groups in total. The van der Waals surface area contributed by atoms with E-state index in [1.54, 1.807) is 16.4 Å². The van der Waals surface area contributed by atoms with E-state index in [2.05, 4.69) is 9.88 Å². The molecule has 32 heavy (non-hydrogen) atoms. The van der Waals surface area contributed by atoms with Crippen LogP contribution in [-0.2, 0) is 21.4 Å². The van der Waals surface area contributed by atoms with Crippen molar-refractivity contribution >= 4 is 44.4 Å². The number of nitrogens with zero attached hydrogens (tertiary/aromatic N) is 3. The Morgan fingerprint density at radius 2 is 1.84 bits per heavy atom. The van der Waals surface area contributed by atoms with Gasteiger partial charge in [0.25, 0.3) is 0 Å². The van der Waals surface area contributed by atoms with E-state index in [1.807, 2.05) is 43.3 Å². The molecule has 0 bridgehead atoms. The van der Waals surface area contributed by atoms with Crippen molar-refractivity contribution in [2.45, 2.75) is 49.2 Å². The maximum absolute atomic E-state index is 13.0. The van der Waals surface area contributed by atoms with Crippen molar-refractivity contribution in [1.29, 1.82) is 0 Å². The van der Waals surface area contributed by atoms with Gasteiger partial charge in [0.2, 0.25) is 15.9 Å². The van der Waals surface area contributed by atoms with E-state index in [4.69, 9.17) is 4.98 Å². The fourth-order valence-electron chi connectivity index (χ4n) is 3.90. The number of imidazole rings is 1. The van der Waals surface area contributed by atoms with Gasteiger partial charge in [0.1, 0.15) is 0 Å². The summed E-state index contributed by atoms with van der Waals surface area (Å²) >= 11 is 1.51. The van der Waals surface area contributed by atoms with Crippen LogP contribution in [0.3, 0.4) is 0 Å². The number of thioether (sulfide) groups is 1. The lowest BCUT2D eigenvalue weighted by atomic mass is 10.2. The molecular weight excluding hydrogens is 444 g/mol. The Hall–Kier alpha value is -2.36. The van der Waals surface area contributed by atoms with Crippen LogP contribution in [-0.4, -0.2) is 47.0 Å². The number of amides is 1. The van der Waals surface area contributed by atoms with Crippen molar-refractivity contribution in [2.24, 2.45) is 0 Å². The van der Waals surface area contributed by atoms with Crippen LogP contribution in [0, 0.1) is 0 Å². The Balaban J connectivity index is 1.47. The third kappa shape index (κ3) is 5.00.